The first-order valence-corrected chi connectivity index (χ1v) is 15.4. The molecule has 42 heavy (non-hydrogen) atoms. The van der Waals surface area contributed by atoms with Crippen LogP contribution in [0.25, 0.3) is 17.1 Å². The number of aromatic nitrogens is 6. The van der Waals surface area contributed by atoms with Gasteiger partial charge < -0.3 is 18.9 Å². The van der Waals surface area contributed by atoms with Crippen LogP contribution in [-0.4, -0.2) is 77.9 Å². The van der Waals surface area contributed by atoms with Crippen LogP contribution in [0.5, 0.6) is 11.5 Å². The Hall–Kier alpha value is -3.41. The molecule has 0 bridgehead atoms. The average molecular weight is 710 g/mol. The molecular formula is C27H32IN7O6S. The fourth-order valence-electron chi connectivity index (χ4n) is 4.10. The number of alkyl halides is 1. The number of benzene rings is 1. The van der Waals surface area contributed by atoms with Crippen LogP contribution in [0.2, 0.25) is 0 Å². The Morgan fingerprint density at radius 1 is 0.976 bits per heavy atom. The van der Waals surface area contributed by atoms with E-state index in [1.54, 1.807) is 43.0 Å². The molecule has 3 aromatic heterocycles. The van der Waals surface area contributed by atoms with E-state index in [1.165, 1.54) is 32.8 Å². The lowest BCUT2D eigenvalue weighted by molar-refractivity contribution is -0.000115. The van der Waals surface area contributed by atoms with Crippen molar-refractivity contribution in [2.24, 2.45) is 0 Å². The van der Waals surface area contributed by atoms with Gasteiger partial charge in [0.2, 0.25) is 16.0 Å². The van der Waals surface area contributed by atoms with E-state index in [4.69, 9.17) is 18.9 Å². The molecule has 0 aliphatic rings. The zero-order valence-electron chi connectivity index (χ0n) is 24.0. The molecule has 3 heterocycles. The lowest BCUT2D eigenvalue weighted by Gasteiger charge is -2.32. The summed E-state index contributed by atoms with van der Waals surface area (Å²) in [5, 5.41) is 7.39. The summed E-state index contributed by atoms with van der Waals surface area (Å²) in [5.41, 5.74) is 2.70. The maximum Gasteiger partial charge on any atom is 0.243 e. The molecule has 0 aliphatic carbocycles. The van der Waals surface area contributed by atoms with Crippen molar-refractivity contribution in [1.29, 1.82) is 0 Å². The number of methoxy groups -OCH3 is 3. The second-order valence-electron chi connectivity index (χ2n) is 9.30. The fraction of sp³-hybridized carbons (Fsp3) is 0.370. The van der Waals surface area contributed by atoms with Gasteiger partial charge in [0.25, 0.3) is 0 Å². The van der Waals surface area contributed by atoms with Crippen molar-refractivity contribution in [1.82, 2.24) is 29.7 Å². The first-order chi connectivity index (χ1) is 20.1. The van der Waals surface area contributed by atoms with E-state index in [0.717, 1.165) is 11.1 Å². The van der Waals surface area contributed by atoms with Crippen molar-refractivity contribution < 1.29 is 27.4 Å². The van der Waals surface area contributed by atoms with Crippen molar-refractivity contribution in [3.8, 4) is 28.6 Å². The summed E-state index contributed by atoms with van der Waals surface area (Å²) in [6.45, 7) is 5.60. The fourth-order valence-corrected chi connectivity index (χ4v) is 6.74. The van der Waals surface area contributed by atoms with E-state index in [-0.39, 0.29) is 25.0 Å². The SMILES string of the molecule is COCCOC(I)(c1ncc(C)cn1)[C@@H](C)S(=O)(=O)Nc1nnc(-c2cncc(C)c2)n1-c1c(OC)cccc1OC. The third-order valence-electron chi connectivity index (χ3n) is 6.33. The predicted molar refractivity (Wildman–Crippen MR) is 165 cm³/mol. The number of hydrogen-bond acceptors (Lipinski definition) is 11. The minimum atomic E-state index is -4.24. The average Bonchev–Trinajstić information content (AvgIpc) is 3.38. The van der Waals surface area contributed by atoms with E-state index in [1.807, 2.05) is 42.5 Å². The first kappa shape index (κ1) is 31.5. The van der Waals surface area contributed by atoms with Gasteiger partial charge >= 0.3 is 0 Å². The Labute approximate surface area is 258 Å². The number of halogens is 1. The van der Waals surface area contributed by atoms with E-state index < -0.39 is 18.9 Å². The molecular weight excluding hydrogens is 677 g/mol. The molecule has 0 fully saturated rings. The Kier molecular flexibility index (Phi) is 9.96. The van der Waals surface area contributed by atoms with Crippen molar-refractivity contribution in [2.75, 3.05) is 39.3 Å². The highest BCUT2D eigenvalue weighted by molar-refractivity contribution is 14.1. The van der Waals surface area contributed by atoms with Gasteiger partial charge in [0, 0.05) is 37.5 Å². The highest BCUT2D eigenvalue weighted by Gasteiger charge is 2.47. The lowest BCUT2D eigenvalue weighted by atomic mass is 10.2. The van der Waals surface area contributed by atoms with E-state index >= 15 is 0 Å². The molecule has 15 heteroatoms. The number of hydrogen-bond donors (Lipinski definition) is 1. The molecule has 13 nitrogen and oxygen atoms in total. The predicted octanol–water partition coefficient (Wildman–Crippen LogP) is 3.83. The zero-order chi connectivity index (χ0) is 30.5. The highest BCUT2D eigenvalue weighted by atomic mass is 127. The summed E-state index contributed by atoms with van der Waals surface area (Å²) in [6, 6.07) is 7.08. The van der Waals surface area contributed by atoms with E-state index in [2.05, 4.69) is 29.9 Å². The number of nitrogens with zero attached hydrogens (tertiary/aromatic N) is 6. The Morgan fingerprint density at radius 2 is 1.64 bits per heavy atom. The Balaban J connectivity index is 1.86. The van der Waals surface area contributed by atoms with Gasteiger partial charge in [0.05, 0.1) is 27.4 Å². The minimum absolute atomic E-state index is 0.0957. The third kappa shape index (κ3) is 6.48. The summed E-state index contributed by atoms with van der Waals surface area (Å²) >= 11 is 1.93. The van der Waals surface area contributed by atoms with Crippen LogP contribution in [0.1, 0.15) is 23.9 Å². The number of anilines is 1. The van der Waals surface area contributed by atoms with Gasteiger partial charge in [-0.3, -0.25) is 14.3 Å². The van der Waals surface area contributed by atoms with Crippen LogP contribution in [0, 0.1) is 13.8 Å². The highest BCUT2D eigenvalue weighted by Crippen LogP contribution is 2.41. The lowest BCUT2D eigenvalue weighted by Crippen LogP contribution is -2.44. The van der Waals surface area contributed by atoms with Crippen molar-refractivity contribution in [3.63, 3.8) is 0 Å². The molecule has 224 valence electrons. The van der Waals surface area contributed by atoms with Crippen LogP contribution in [-0.2, 0) is 23.1 Å². The molecule has 0 aliphatic heterocycles. The number of sulfonamides is 1. The van der Waals surface area contributed by atoms with Gasteiger partial charge in [-0.05, 0) is 72.7 Å². The summed E-state index contributed by atoms with van der Waals surface area (Å²) in [6.07, 6.45) is 6.53. The molecule has 1 unspecified atom stereocenters. The van der Waals surface area contributed by atoms with Crippen molar-refractivity contribution in [2.45, 2.75) is 29.6 Å². The Morgan fingerprint density at radius 3 is 2.24 bits per heavy atom. The van der Waals surface area contributed by atoms with Crippen LogP contribution in [0.4, 0.5) is 5.95 Å². The number of nitrogens with one attached hydrogen (secondary N) is 1. The summed E-state index contributed by atoms with van der Waals surface area (Å²) in [4.78, 5) is 13.0. The second kappa shape index (κ2) is 13.3. The molecule has 4 aromatic rings. The maximum atomic E-state index is 14.1. The number of para-hydroxylation sites is 1. The van der Waals surface area contributed by atoms with E-state index in [9.17, 15) is 8.42 Å². The maximum absolute atomic E-state index is 14.1. The zero-order valence-corrected chi connectivity index (χ0v) is 27.0. The Bertz CT molecular complexity index is 1610. The molecule has 0 saturated heterocycles. The van der Waals surface area contributed by atoms with Gasteiger partial charge in [0.15, 0.2) is 15.3 Å². The normalized spacial score (nSPS) is 13.8. The number of rotatable bonds is 13. The van der Waals surface area contributed by atoms with Crippen molar-refractivity contribution >= 4 is 38.6 Å². The molecule has 0 radical (unpaired) electrons. The van der Waals surface area contributed by atoms with Crippen LogP contribution in [0.15, 0.2) is 49.1 Å². The first-order valence-electron chi connectivity index (χ1n) is 12.8. The molecule has 0 amide bonds. The molecule has 1 N–H and O–H groups in total. The third-order valence-corrected chi connectivity index (χ3v) is 10.2. The van der Waals surface area contributed by atoms with Crippen LogP contribution < -0.4 is 14.2 Å². The topological polar surface area (TPSA) is 152 Å². The number of pyridine rings is 1. The molecule has 2 atom stereocenters. The largest absolute Gasteiger partial charge is 0.494 e. The molecule has 0 saturated carbocycles. The van der Waals surface area contributed by atoms with E-state index in [0.29, 0.717) is 28.6 Å². The van der Waals surface area contributed by atoms with Gasteiger partial charge in [-0.1, -0.05) is 6.07 Å². The molecule has 1 aromatic carbocycles. The standard InChI is InChI=1S/C27H32IN7O6S/c1-17-12-20(16-29-13-17)24-32-33-26(35(24)23-21(39-5)8-7-9-22(23)40-6)34-42(36,37)19(3)27(28,41-11-10-38-4)25-30-14-18(2)15-31-25/h7-9,12-16,19H,10-11H2,1-6H3,(H,33,34)/t19-,27?/m1/s1. The van der Waals surface area contributed by atoms with Gasteiger partial charge in [-0.15, -0.1) is 10.2 Å². The summed E-state index contributed by atoms with van der Waals surface area (Å²) in [7, 11) is 0.305. The second-order valence-corrected chi connectivity index (χ2v) is 12.9. The van der Waals surface area contributed by atoms with Crippen molar-refractivity contribution in [3.05, 3.63) is 66.0 Å². The van der Waals surface area contributed by atoms with Gasteiger partial charge in [0.1, 0.15) is 22.4 Å². The smallest absolute Gasteiger partial charge is 0.243 e. The summed E-state index contributed by atoms with van der Waals surface area (Å²) in [5.74, 6) is 1.23. The molecule has 4 rings (SSSR count). The number of ether oxygens (including phenoxy) is 4. The quantitative estimate of drug-likeness (QED) is 0.123. The monoisotopic (exact) mass is 709 g/mol. The van der Waals surface area contributed by atoms with Crippen LogP contribution in [0.3, 0.4) is 0 Å². The van der Waals surface area contributed by atoms with Gasteiger partial charge in [-0.25, -0.2) is 18.4 Å². The van der Waals surface area contributed by atoms with Gasteiger partial charge in [-0.2, -0.15) is 0 Å². The van der Waals surface area contributed by atoms with Crippen LogP contribution >= 0.6 is 22.6 Å². The summed E-state index contributed by atoms with van der Waals surface area (Å²) < 4.78 is 53.3. The molecule has 0 spiro atoms. The minimum Gasteiger partial charge on any atom is -0.494 e. The number of aryl methyl sites for hydroxylation is 2.